The van der Waals surface area contributed by atoms with Crippen LogP contribution < -0.4 is 15.6 Å². The first-order valence-corrected chi connectivity index (χ1v) is 11.7. The summed E-state index contributed by atoms with van der Waals surface area (Å²) in [6.45, 7) is 1.70. The van der Waals surface area contributed by atoms with Crippen molar-refractivity contribution in [3.8, 4) is 22.7 Å². The van der Waals surface area contributed by atoms with Crippen molar-refractivity contribution in [2.75, 3.05) is 6.61 Å². The number of carbonyl (C=O) groups excluding carboxylic acids is 1. The van der Waals surface area contributed by atoms with E-state index in [9.17, 15) is 9.59 Å². The molecule has 1 amide bonds. The van der Waals surface area contributed by atoms with E-state index in [0.717, 1.165) is 22.5 Å². The van der Waals surface area contributed by atoms with Crippen molar-refractivity contribution in [2.45, 2.75) is 6.92 Å². The number of para-hydroxylation sites is 1. The van der Waals surface area contributed by atoms with Gasteiger partial charge in [0.1, 0.15) is 17.6 Å². The number of carbonyl (C=O) groups is 1. The van der Waals surface area contributed by atoms with Gasteiger partial charge in [0.25, 0.3) is 5.91 Å². The molecule has 0 fully saturated rings. The van der Waals surface area contributed by atoms with Crippen molar-refractivity contribution in [2.24, 2.45) is 5.10 Å². The summed E-state index contributed by atoms with van der Waals surface area (Å²) in [5, 5.41) is 9.07. The zero-order valence-electron chi connectivity index (χ0n) is 19.7. The minimum Gasteiger partial charge on any atom is -0.483 e. The Balaban J connectivity index is 1.30. The molecule has 9 heteroatoms. The number of fused-ring (bicyclic) bond motifs is 1. The highest BCUT2D eigenvalue weighted by Gasteiger charge is 2.14. The van der Waals surface area contributed by atoms with Crippen LogP contribution in [0.4, 0.5) is 0 Å². The molecule has 0 bridgehead atoms. The second kappa shape index (κ2) is 10.5. The molecule has 3 aromatic carbocycles. The number of hydrogen-bond acceptors (Lipinski definition) is 6. The quantitative estimate of drug-likeness (QED) is 0.240. The number of hydrazone groups is 1. The minimum atomic E-state index is -0.493. The van der Waals surface area contributed by atoms with Crippen molar-refractivity contribution in [3.63, 3.8) is 0 Å². The van der Waals surface area contributed by atoms with Gasteiger partial charge in [0.15, 0.2) is 6.61 Å². The fraction of sp³-hybridized carbons (Fsp3) is 0.0714. The van der Waals surface area contributed by atoms with Crippen LogP contribution in [0.1, 0.15) is 11.1 Å². The van der Waals surface area contributed by atoms with Crippen molar-refractivity contribution in [1.82, 2.24) is 15.2 Å². The van der Waals surface area contributed by atoms with E-state index in [4.69, 9.17) is 20.8 Å². The lowest BCUT2D eigenvalue weighted by Crippen LogP contribution is -2.25. The highest BCUT2D eigenvalue weighted by molar-refractivity contribution is 6.31. The molecule has 0 aliphatic heterocycles. The van der Waals surface area contributed by atoms with Crippen LogP contribution in [0, 0.1) is 6.92 Å². The molecule has 0 aliphatic carbocycles. The van der Waals surface area contributed by atoms with Crippen molar-refractivity contribution >= 4 is 34.7 Å². The predicted octanol–water partition coefficient (Wildman–Crippen LogP) is 5.14. The molecule has 0 unspecified atom stereocenters. The van der Waals surface area contributed by atoms with Crippen molar-refractivity contribution in [3.05, 3.63) is 112 Å². The molecule has 2 heterocycles. The van der Waals surface area contributed by atoms with Gasteiger partial charge in [0.2, 0.25) is 5.43 Å². The molecule has 2 aromatic heterocycles. The van der Waals surface area contributed by atoms with Crippen LogP contribution in [0.2, 0.25) is 5.02 Å². The highest BCUT2D eigenvalue weighted by Crippen LogP contribution is 2.32. The predicted molar refractivity (Wildman–Crippen MR) is 142 cm³/mol. The first-order chi connectivity index (χ1) is 18.0. The number of aromatic nitrogens is 2. The Hall–Kier alpha value is -4.69. The Kier molecular flexibility index (Phi) is 6.83. The third kappa shape index (κ3) is 5.29. The fourth-order valence-electron chi connectivity index (χ4n) is 3.81. The molecule has 5 aromatic rings. The van der Waals surface area contributed by atoms with Crippen LogP contribution in [0.25, 0.3) is 27.9 Å². The lowest BCUT2D eigenvalue weighted by atomic mass is 10.1. The molecule has 8 nitrogen and oxygen atoms in total. The Morgan fingerprint density at radius 2 is 1.97 bits per heavy atom. The summed E-state index contributed by atoms with van der Waals surface area (Å²) in [6.07, 6.45) is 4.21. The summed E-state index contributed by atoms with van der Waals surface area (Å²) in [7, 11) is 0. The molecule has 0 saturated heterocycles. The molecular weight excluding hydrogens is 492 g/mol. The van der Waals surface area contributed by atoms with E-state index in [0.29, 0.717) is 21.7 Å². The van der Waals surface area contributed by atoms with Gasteiger partial charge in [0.05, 0.1) is 34.7 Å². The van der Waals surface area contributed by atoms with E-state index in [1.165, 1.54) is 18.5 Å². The van der Waals surface area contributed by atoms with Gasteiger partial charge in [-0.1, -0.05) is 41.4 Å². The average molecular weight is 513 g/mol. The van der Waals surface area contributed by atoms with Gasteiger partial charge < -0.3 is 9.15 Å². The number of amides is 1. The third-order valence-electron chi connectivity index (χ3n) is 5.57. The first-order valence-electron chi connectivity index (χ1n) is 11.4. The number of halogens is 1. The van der Waals surface area contributed by atoms with E-state index < -0.39 is 5.91 Å². The molecule has 184 valence electrons. The van der Waals surface area contributed by atoms with Gasteiger partial charge in [-0.25, -0.2) is 10.1 Å². The molecule has 0 atom stereocenters. The lowest BCUT2D eigenvalue weighted by molar-refractivity contribution is -0.123. The molecular formula is C28H21ClN4O4. The van der Waals surface area contributed by atoms with Crippen LogP contribution >= 0.6 is 11.6 Å². The summed E-state index contributed by atoms with van der Waals surface area (Å²) in [5.41, 5.74) is 6.21. The van der Waals surface area contributed by atoms with Crippen molar-refractivity contribution < 1.29 is 13.9 Å². The van der Waals surface area contributed by atoms with Crippen LogP contribution in [0.5, 0.6) is 5.75 Å². The number of ether oxygens (including phenoxy) is 1. The molecule has 0 radical (unpaired) electrons. The summed E-state index contributed by atoms with van der Waals surface area (Å²) >= 11 is 5.98. The maximum atomic E-state index is 12.6. The highest BCUT2D eigenvalue weighted by atomic mass is 35.5. The zero-order chi connectivity index (χ0) is 25.8. The maximum Gasteiger partial charge on any atom is 0.277 e. The summed E-state index contributed by atoms with van der Waals surface area (Å²) < 4.78 is 13.1. The Labute approximate surface area is 216 Å². The minimum absolute atomic E-state index is 0.172. The second-order valence-electron chi connectivity index (χ2n) is 8.21. The lowest BCUT2D eigenvalue weighted by Gasteiger charge is -2.14. The first kappa shape index (κ1) is 24.0. The van der Waals surface area contributed by atoms with Crippen LogP contribution in [0.3, 0.4) is 0 Å². The maximum absolute atomic E-state index is 12.6. The van der Waals surface area contributed by atoms with Gasteiger partial charge in [-0.2, -0.15) is 10.2 Å². The number of rotatable bonds is 7. The zero-order valence-corrected chi connectivity index (χ0v) is 20.5. The van der Waals surface area contributed by atoms with Gasteiger partial charge in [0, 0.05) is 10.6 Å². The van der Waals surface area contributed by atoms with Crippen molar-refractivity contribution in [1.29, 1.82) is 0 Å². The smallest absolute Gasteiger partial charge is 0.277 e. The standard InChI is InChI=1S/C28H21ClN4O4/c1-18-7-9-25(22(13-18)24-11-12-31-33(24)21-5-3-2-4-6-21)37-17-27(34)32-30-15-19-16-36-26-10-8-20(29)14-23(26)28(19)35/h2-16H,17H2,1H3,(H,32,34). The molecule has 37 heavy (non-hydrogen) atoms. The van der Waals surface area contributed by atoms with E-state index in [1.807, 2.05) is 66.2 Å². The SMILES string of the molecule is Cc1ccc(OCC(=O)NN=Cc2coc3ccc(Cl)cc3c2=O)c(-c2ccnn2-c2ccccc2)c1. The van der Waals surface area contributed by atoms with Crippen LogP contribution in [0.15, 0.2) is 99.6 Å². The number of benzene rings is 3. The van der Waals surface area contributed by atoms with E-state index >= 15 is 0 Å². The van der Waals surface area contributed by atoms with Gasteiger partial charge in [-0.05, 0) is 55.5 Å². The molecule has 5 rings (SSSR count). The van der Waals surface area contributed by atoms with E-state index in [-0.39, 0.29) is 17.6 Å². The Bertz CT molecular complexity index is 1680. The summed E-state index contributed by atoms with van der Waals surface area (Å²) in [4.78, 5) is 25.0. The Morgan fingerprint density at radius 1 is 1.14 bits per heavy atom. The van der Waals surface area contributed by atoms with E-state index in [2.05, 4.69) is 15.6 Å². The summed E-state index contributed by atoms with van der Waals surface area (Å²) in [5.74, 6) is 0.0297. The number of nitrogens with zero attached hydrogens (tertiary/aromatic N) is 3. The van der Waals surface area contributed by atoms with Crippen LogP contribution in [-0.4, -0.2) is 28.5 Å². The molecule has 0 saturated carbocycles. The van der Waals surface area contributed by atoms with Crippen LogP contribution in [-0.2, 0) is 4.79 Å². The monoisotopic (exact) mass is 512 g/mol. The largest absolute Gasteiger partial charge is 0.483 e. The topological polar surface area (TPSA) is 98.7 Å². The second-order valence-corrected chi connectivity index (χ2v) is 8.64. The normalized spacial score (nSPS) is 11.2. The third-order valence-corrected chi connectivity index (χ3v) is 5.80. The molecule has 1 N–H and O–H groups in total. The Morgan fingerprint density at radius 3 is 2.81 bits per heavy atom. The summed E-state index contributed by atoms with van der Waals surface area (Å²) in [6, 6.07) is 22.1. The number of aryl methyl sites for hydroxylation is 1. The molecule has 0 spiro atoms. The number of hydrogen-bond donors (Lipinski definition) is 1. The average Bonchev–Trinajstić information content (AvgIpc) is 3.40. The fourth-order valence-corrected chi connectivity index (χ4v) is 3.98. The number of nitrogens with one attached hydrogen (secondary N) is 1. The van der Waals surface area contributed by atoms with Gasteiger partial charge in [-0.15, -0.1) is 0 Å². The molecule has 0 aliphatic rings. The van der Waals surface area contributed by atoms with Gasteiger partial charge >= 0.3 is 0 Å². The van der Waals surface area contributed by atoms with E-state index in [1.54, 1.807) is 18.3 Å². The van der Waals surface area contributed by atoms with Gasteiger partial charge in [-0.3, -0.25) is 9.59 Å².